The molecular weight excluding hydrogens is 128 g/mol. The molecule has 0 aliphatic rings. The number of hydrogen-bond acceptors (Lipinski definition) is 1. The normalized spacial score (nSPS) is 5.38. The lowest BCUT2D eigenvalue weighted by Crippen LogP contribution is -3.00. The Morgan fingerprint density at radius 2 is 1.50 bits per heavy atom. The van der Waals surface area contributed by atoms with Crippen molar-refractivity contribution in [2.75, 3.05) is 14.1 Å². The van der Waals surface area contributed by atoms with Crippen molar-refractivity contribution in [3.63, 3.8) is 0 Å². The van der Waals surface area contributed by atoms with Crippen molar-refractivity contribution in [3.8, 4) is 0 Å². The quantitative estimate of drug-likeness (QED) is 0.349. The Hall–Kier alpha value is -0.280. The first-order chi connectivity index (χ1) is 3.15. The van der Waals surface area contributed by atoms with E-state index in [-0.39, 0.29) is 18.3 Å². The van der Waals surface area contributed by atoms with Crippen LogP contribution < -0.4 is 23.5 Å². The Morgan fingerprint density at radius 3 is 1.50 bits per heavy atom. The molecule has 0 saturated carbocycles. The van der Waals surface area contributed by atoms with E-state index in [1.54, 1.807) is 0 Å². The maximum Gasteiger partial charge on any atom is 0.214 e. The van der Waals surface area contributed by atoms with Crippen molar-refractivity contribution in [1.29, 1.82) is 0 Å². The van der Waals surface area contributed by atoms with Gasteiger partial charge in [0.25, 0.3) is 0 Å². The molecule has 52 valence electrons. The van der Waals surface area contributed by atoms with Gasteiger partial charge in [-0.05, 0) is 0 Å². The number of nitrogens with two attached hydrogens (primary N) is 2. The molecule has 0 radical (unpaired) electrons. The van der Waals surface area contributed by atoms with Gasteiger partial charge in [-0.1, -0.05) is 0 Å². The molecule has 0 unspecified atom stereocenters. The Morgan fingerprint density at radius 1 is 1.50 bits per heavy atom. The Labute approximate surface area is 56.0 Å². The van der Waals surface area contributed by atoms with Crippen molar-refractivity contribution >= 4 is 5.91 Å². The van der Waals surface area contributed by atoms with Gasteiger partial charge in [0.05, 0.1) is 14.1 Å². The minimum Gasteiger partial charge on any atom is -1.00 e. The highest BCUT2D eigenvalue weighted by Gasteiger charge is 1.61. The van der Waals surface area contributed by atoms with Gasteiger partial charge in [-0.25, -0.2) is 0 Å². The van der Waals surface area contributed by atoms with E-state index in [1.165, 1.54) is 6.92 Å². The molecule has 4 N–H and O–H groups in total. The number of primary amides is 1. The van der Waals surface area contributed by atoms with E-state index >= 15 is 0 Å². The molecule has 3 nitrogen and oxygen atoms in total. The van der Waals surface area contributed by atoms with Crippen LogP contribution in [-0.2, 0) is 4.79 Å². The molecule has 0 heterocycles. The van der Waals surface area contributed by atoms with Crippen LogP contribution in [0, 0.1) is 0 Å². The first kappa shape index (κ1) is 15.6. The molecule has 0 saturated heterocycles. The molecule has 8 heavy (non-hydrogen) atoms. The van der Waals surface area contributed by atoms with E-state index < -0.39 is 0 Å². The minimum atomic E-state index is -0.333. The maximum absolute atomic E-state index is 9.22. The third kappa shape index (κ3) is 1630. The molecule has 0 aromatic rings. The number of hydrogen-bond donors (Lipinski definition) is 2. The van der Waals surface area contributed by atoms with Crippen LogP contribution in [-0.4, -0.2) is 20.0 Å². The molecule has 4 heteroatoms. The molecule has 0 aromatic heterocycles. The van der Waals surface area contributed by atoms with E-state index in [4.69, 9.17) is 0 Å². The van der Waals surface area contributed by atoms with Crippen LogP contribution in [0.2, 0.25) is 0 Å². The van der Waals surface area contributed by atoms with Gasteiger partial charge in [0.2, 0.25) is 5.91 Å². The standard InChI is InChI=1S/C2H5NO.C2H7N.ClH/c1-2(3)4;1-3-2;/h1H3,(H2,3,4);3H,1-2H3;1H. The van der Waals surface area contributed by atoms with Crippen LogP contribution in [0.1, 0.15) is 6.92 Å². The second kappa shape index (κ2) is 15.9. The molecular formula is C4H13ClN2O. The van der Waals surface area contributed by atoms with Gasteiger partial charge < -0.3 is 23.5 Å². The van der Waals surface area contributed by atoms with Crippen LogP contribution in [0.15, 0.2) is 0 Å². The molecule has 0 aliphatic heterocycles. The van der Waals surface area contributed by atoms with Crippen LogP contribution in [0.4, 0.5) is 0 Å². The molecule has 0 aromatic carbocycles. The van der Waals surface area contributed by atoms with Crippen molar-refractivity contribution in [3.05, 3.63) is 0 Å². The Kier molecular flexibility index (Phi) is 31.1. The fourth-order valence-corrected chi connectivity index (χ4v) is 0. The van der Waals surface area contributed by atoms with Crippen LogP contribution in [0.25, 0.3) is 0 Å². The van der Waals surface area contributed by atoms with Crippen LogP contribution >= 0.6 is 0 Å². The van der Waals surface area contributed by atoms with Crippen molar-refractivity contribution in [1.82, 2.24) is 0 Å². The summed E-state index contributed by atoms with van der Waals surface area (Å²) < 4.78 is 0. The third-order valence-electron chi connectivity index (χ3n) is 0. The van der Waals surface area contributed by atoms with Crippen molar-refractivity contribution in [2.24, 2.45) is 5.73 Å². The number of rotatable bonds is 0. The smallest absolute Gasteiger partial charge is 0.214 e. The fourth-order valence-electron chi connectivity index (χ4n) is 0. The summed E-state index contributed by atoms with van der Waals surface area (Å²) in [5, 5.41) is 2.00. The molecule has 0 spiro atoms. The second-order valence-corrected chi connectivity index (χ2v) is 1.19. The van der Waals surface area contributed by atoms with Gasteiger partial charge in [0.1, 0.15) is 0 Å². The zero-order valence-corrected chi connectivity index (χ0v) is 6.20. The molecule has 0 aliphatic carbocycles. The van der Waals surface area contributed by atoms with Gasteiger partial charge in [-0.15, -0.1) is 0 Å². The van der Waals surface area contributed by atoms with E-state index in [0.29, 0.717) is 0 Å². The highest BCUT2D eigenvalue weighted by molar-refractivity contribution is 5.70. The van der Waals surface area contributed by atoms with Gasteiger partial charge in [0.15, 0.2) is 0 Å². The maximum atomic E-state index is 9.22. The highest BCUT2D eigenvalue weighted by atomic mass is 35.5. The highest BCUT2D eigenvalue weighted by Crippen LogP contribution is 1.33. The van der Waals surface area contributed by atoms with Crippen LogP contribution in [0.5, 0.6) is 0 Å². The summed E-state index contributed by atoms with van der Waals surface area (Å²) in [4.78, 5) is 9.22. The molecule has 0 atom stereocenters. The topological polar surface area (TPSA) is 59.7 Å². The van der Waals surface area contributed by atoms with E-state index in [9.17, 15) is 4.79 Å². The van der Waals surface area contributed by atoms with E-state index in [0.717, 1.165) is 0 Å². The summed E-state index contributed by atoms with van der Waals surface area (Å²) in [5.41, 5.74) is 4.47. The Bertz CT molecular complexity index is 45.3. The average molecular weight is 141 g/mol. The second-order valence-electron chi connectivity index (χ2n) is 1.19. The summed E-state index contributed by atoms with van der Waals surface area (Å²) >= 11 is 0. The minimum absolute atomic E-state index is 0. The summed E-state index contributed by atoms with van der Waals surface area (Å²) in [6, 6.07) is 0. The number of quaternary nitrogens is 1. The predicted octanol–water partition coefficient (Wildman–Crippen LogP) is -4.69. The van der Waals surface area contributed by atoms with Gasteiger partial charge in [-0.3, -0.25) is 4.79 Å². The average Bonchev–Trinajstić information content (AvgIpc) is 1.33. The third-order valence-corrected chi connectivity index (χ3v) is 0. The van der Waals surface area contributed by atoms with Crippen molar-refractivity contribution < 1.29 is 22.5 Å². The summed E-state index contributed by atoms with van der Waals surface area (Å²) in [5.74, 6) is -0.333. The van der Waals surface area contributed by atoms with E-state index in [1.807, 2.05) is 19.4 Å². The summed E-state index contributed by atoms with van der Waals surface area (Å²) in [7, 11) is 4.00. The summed E-state index contributed by atoms with van der Waals surface area (Å²) in [6.45, 7) is 1.31. The number of halogens is 1. The monoisotopic (exact) mass is 140 g/mol. The SMILES string of the molecule is CC(N)=O.C[NH2+]C.[Cl-]. The molecule has 0 rings (SSSR count). The van der Waals surface area contributed by atoms with Crippen molar-refractivity contribution in [2.45, 2.75) is 6.92 Å². The van der Waals surface area contributed by atoms with Gasteiger partial charge in [-0.2, -0.15) is 0 Å². The lowest BCUT2D eigenvalue weighted by atomic mass is 10.8. The lowest BCUT2D eigenvalue weighted by Gasteiger charge is -1.60. The lowest BCUT2D eigenvalue weighted by molar-refractivity contribution is -0.597. The van der Waals surface area contributed by atoms with Gasteiger partial charge in [0, 0.05) is 6.92 Å². The largest absolute Gasteiger partial charge is 1.00 e. The molecule has 1 amide bonds. The zero-order valence-electron chi connectivity index (χ0n) is 5.44. The van der Waals surface area contributed by atoms with Crippen LogP contribution in [0.3, 0.4) is 0 Å². The molecule has 0 bridgehead atoms. The molecule has 0 fully saturated rings. The first-order valence-corrected chi connectivity index (χ1v) is 2.15. The zero-order chi connectivity index (χ0) is 6.28. The van der Waals surface area contributed by atoms with Gasteiger partial charge >= 0.3 is 0 Å². The van der Waals surface area contributed by atoms with E-state index in [2.05, 4.69) is 5.73 Å². The predicted molar refractivity (Wildman–Crippen MR) is 28.6 cm³/mol. The summed E-state index contributed by atoms with van der Waals surface area (Å²) in [6.07, 6.45) is 0. The fraction of sp³-hybridized carbons (Fsp3) is 0.750. The number of carbonyl (C=O) groups excluding carboxylic acids is 1. The number of amides is 1. The Balaban J connectivity index is -0.0000000575. The number of carbonyl (C=O) groups is 1. The first-order valence-electron chi connectivity index (χ1n) is 2.15.